The van der Waals surface area contributed by atoms with Gasteiger partial charge in [0.05, 0.1) is 27.6 Å². The van der Waals surface area contributed by atoms with Gasteiger partial charge in [-0.2, -0.15) is 0 Å². The first-order valence-electron chi connectivity index (χ1n) is 23.0. The fraction of sp³-hybridized carbons (Fsp3) is 0.891. The summed E-state index contributed by atoms with van der Waals surface area (Å²) in [6.07, 6.45) is 29.9. The minimum atomic E-state index is -1.05. The Morgan fingerprint density at radius 1 is 0.431 bits per heavy atom. The van der Waals surface area contributed by atoms with E-state index in [0.29, 0.717) is 23.9 Å². The minimum Gasteiger partial charge on any atom is -1.00 e. The van der Waals surface area contributed by atoms with Crippen molar-refractivity contribution in [3.8, 4) is 0 Å². The zero-order chi connectivity index (χ0) is 42.4. The first-order valence-corrected chi connectivity index (χ1v) is 23.0. The van der Waals surface area contributed by atoms with Crippen molar-refractivity contribution in [1.29, 1.82) is 0 Å². The summed E-state index contributed by atoms with van der Waals surface area (Å²) in [6.45, 7) is 4.88. The summed E-state index contributed by atoms with van der Waals surface area (Å²) in [6, 6.07) is 0. The summed E-state index contributed by atoms with van der Waals surface area (Å²) in [5, 5.41) is 0. The minimum absolute atomic E-state index is 0. The van der Waals surface area contributed by atoms with Crippen molar-refractivity contribution in [2.45, 2.75) is 219 Å². The third-order valence-electron chi connectivity index (χ3n) is 9.96. The third kappa shape index (κ3) is 41.9. The number of carbonyl (C=O) groups excluding carboxylic acids is 5. The summed E-state index contributed by atoms with van der Waals surface area (Å²) >= 11 is 0. The predicted molar refractivity (Wildman–Crippen MR) is 226 cm³/mol. The monoisotopic (exact) mass is 892 g/mol. The summed E-state index contributed by atoms with van der Waals surface area (Å²) in [4.78, 5) is 61.8. The number of hydrogen-bond donors (Lipinski definition) is 0. The van der Waals surface area contributed by atoms with Crippen molar-refractivity contribution < 1.29 is 69.1 Å². The zero-order valence-corrected chi connectivity index (χ0v) is 39.5. The van der Waals surface area contributed by atoms with Gasteiger partial charge < -0.3 is 45.1 Å². The van der Waals surface area contributed by atoms with Crippen LogP contribution in [0.5, 0.6) is 0 Å². The van der Waals surface area contributed by atoms with Gasteiger partial charge in [0.1, 0.15) is 19.8 Å². The maximum atomic E-state index is 12.7. The molecule has 12 heteroatoms. The van der Waals surface area contributed by atoms with Gasteiger partial charge >= 0.3 is 29.8 Å². The quantitative estimate of drug-likeness (QED) is 0.0264. The molecule has 0 radical (unpaired) electrons. The van der Waals surface area contributed by atoms with Crippen LogP contribution in [0.1, 0.15) is 207 Å². The number of unbranched alkanes of at least 4 members (excludes halogenated alkanes) is 24. The number of likely N-dealkylation sites (N-methyl/N-ethyl adjacent to an activating group) is 1. The van der Waals surface area contributed by atoms with Crippen LogP contribution in [0, 0.1) is 0 Å². The standard InChI is InChI=1S/C46H86NO10.BrH/c1-7-9-11-13-15-17-19-21-23-25-27-29-31-33-43(49)53-37-42(57-46(52)39-55-45(51)35-41(56-40(3)48)36-47(4,5)6)38-54-44(50)34-32-30-28-26-24-22-20-18-16-14-12-10-8-2;/h41-42H,7-39H2,1-6H3;1H/q+1;/p-1/t41-;/m0./s1. The van der Waals surface area contributed by atoms with Crippen LogP contribution in [0.4, 0.5) is 0 Å². The Balaban J connectivity index is 0. The van der Waals surface area contributed by atoms with E-state index in [1.165, 1.54) is 135 Å². The molecule has 0 aliphatic carbocycles. The number of rotatable bonds is 40. The molecule has 0 aromatic heterocycles. The van der Waals surface area contributed by atoms with E-state index in [1.807, 2.05) is 21.1 Å². The van der Waals surface area contributed by atoms with Crippen molar-refractivity contribution in [3.05, 3.63) is 0 Å². The van der Waals surface area contributed by atoms with Crippen LogP contribution >= 0.6 is 0 Å². The summed E-state index contributed by atoms with van der Waals surface area (Å²) in [7, 11) is 5.70. The maximum Gasteiger partial charge on any atom is 0.344 e. The van der Waals surface area contributed by atoms with E-state index < -0.39 is 48.7 Å². The molecule has 0 amide bonds. The molecular formula is C46H86BrNO10. The predicted octanol–water partition coefficient (Wildman–Crippen LogP) is 7.52. The Labute approximate surface area is 364 Å². The van der Waals surface area contributed by atoms with Crippen LogP contribution in [0.3, 0.4) is 0 Å². The number of esters is 5. The van der Waals surface area contributed by atoms with Crippen molar-refractivity contribution >= 4 is 29.8 Å². The van der Waals surface area contributed by atoms with E-state index in [9.17, 15) is 24.0 Å². The summed E-state index contributed by atoms with van der Waals surface area (Å²) in [5.74, 6) is -2.92. The second-order valence-electron chi connectivity index (χ2n) is 17.0. The van der Waals surface area contributed by atoms with Crippen LogP contribution in [0.15, 0.2) is 0 Å². The van der Waals surface area contributed by atoms with Gasteiger partial charge in [0.25, 0.3) is 0 Å². The van der Waals surface area contributed by atoms with Gasteiger partial charge in [-0.1, -0.05) is 168 Å². The Morgan fingerprint density at radius 3 is 1.10 bits per heavy atom. The lowest BCUT2D eigenvalue weighted by Gasteiger charge is -2.28. The Kier molecular flexibility index (Phi) is 40.1. The molecule has 0 aromatic carbocycles. The molecule has 0 aromatic rings. The highest BCUT2D eigenvalue weighted by Crippen LogP contribution is 2.15. The number of nitrogens with zero attached hydrogens (tertiary/aromatic N) is 1. The highest BCUT2D eigenvalue weighted by molar-refractivity contribution is 5.77. The molecule has 0 aliphatic heterocycles. The highest BCUT2D eigenvalue weighted by Gasteiger charge is 2.26. The summed E-state index contributed by atoms with van der Waals surface area (Å²) in [5.41, 5.74) is 0. The van der Waals surface area contributed by atoms with E-state index in [2.05, 4.69) is 13.8 Å². The van der Waals surface area contributed by atoms with Crippen LogP contribution in [-0.4, -0.2) is 94.0 Å². The molecule has 11 nitrogen and oxygen atoms in total. The van der Waals surface area contributed by atoms with Gasteiger partial charge in [0.2, 0.25) is 0 Å². The molecule has 58 heavy (non-hydrogen) atoms. The average Bonchev–Trinajstić information content (AvgIpc) is 3.14. The van der Waals surface area contributed by atoms with Gasteiger partial charge in [-0.15, -0.1) is 0 Å². The van der Waals surface area contributed by atoms with E-state index in [1.54, 1.807) is 0 Å². The normalized spacial score (nSPS) is 11.8. The largest absolute Gasteiger partial charge is 1.00 e. The lowest BCUT2D eigenvalue weighted by Crippen LogP contribution is -3.00. The third-order valence-corrected chi connectivity index (χ3v) is 9.96. The lowest BCUT2D eigenvalue weighted by atomic mass is 10.0. The summed E-state index contributed by atoms with van der Waals surface area (Å²) < 4.78 is 27.1. The SMILES string of the molecule is CCCCCCCCCCCCCCCC(=O)OCC(COC(=O)CCCCCCCCCCCCCCC)OC(=O)COC(=O)C[C@@H](C[N+](C)(C)C)OC(C)=O.[Br-]. The van der Waals surface area contributed by atoms with Crippen LogP contribution in [0.2, 0.25) is 0 Å². The molecule has 0 saturated heterocycles. The first kappa shape index (κ1) is 57.9. The molecule has 0 aliphatic rings. The van der Waals surface area contributed by atoms with Crippen LogP contribution in [-0.2, 0) is 47.7 Å². The molecular weight excluding hydrogens is 806 g/mol. The zero-order valence-electron chi connectivity index (χ0n) is 37.9. The molecule has 0 saturated carbocycles. The second-order valence-corrected chi connectivity index (χ2v) is 17.0. The van der Waals surface area contributed by atoms with Gasteiger partial charge in [-0.3, -0.25) is 19.2 Å². The van der Waals surface area contributed by atoms with E-state index in [-0.39, 0.29) is 49.5 Å². The van der Waals surface area contributed by atoms with Gasteiger partial charge in [-0.05, 0) is 12.8 Å². The van der Waals surface area contributed by atoms with Crippen LogP contribution in [0.25, 0.3) is 0 Å². The number of hydrogen-bond acceptors (Lipinski definition) is 10. The molecule has 0 unspecified atom stereocenters. The smallest absolute Gasteiger partial charge is 0.344 e. The first-order chi connectivity index (χ1) is 27.4. The molecule has 342 valence electrons. The van der Waals surface area contributed by atoms with Gasteiger partial charge in [-0.25, -0.2) is 4.79 Å². The fourth-order valence-corrected chi connectivity index (χ4v) is 6.80. The van der Waals surface area contributed by atoms with Crippen molar-refractivity contribution in [2.75, 3.05) is 47.5 Å². The molecule has 0 heterocycles. The fourth-order valence-electron chi connectivity index (χ4n) is 6.80. The van der Waals surface area contributed by atoms with Gasteiger partial charge in [0, 0.05) is 19.8 Å². The highest BCUT2D eigenvalue weighted by atomic mass is 79.9. The second kappa shape index (κ2) is 40.2. The molecule has 1 atom stereocenters. The Hall–Kier alpha value is -2.21. The topological polar surface area (TPSA) is 132 Å². The lowest BCUT2D eigenvalue weighted by molar-refractivity contribution is -0.873. The molecule has 0 N–H and O–H groups in total. The van der Waals surface area contributed by atoms with Crippen LogP contribution < -0.4 is 17.0 Å². The van der Waals surface area contributed by atoms with Crippen molar-refractivity contribution in [3.63, 3.8) is 0 Å². The van der Waals surface area contributed by atoms with E-state index >= 15 is 0 Å². The molecule has 0 spiro atoms. The number of halogens is 1. The number of ether oxygens (including phenoxy) is 5. The Morgan fingerprint density at radius 2 is 0.776 bits per heavy atom. The number of carbonyl (C=O) groups is 5. The molecule has 0 fully saturated rings. The molecule has 0 rings (SSSR count). The van der Waals surface area contributed by atoms with E-state index in [4.69, 9.17) is 23.7 Å². The van der Waals surface area contributed by atoms with Crippen molar-refractivity contribution in [2.24, 2.45) is 0 Å². The average molecular weight is 893 g/mol. The van der Waals surface area contributed by atoms with E-state index in [0.717, 1.165) is 25.7 Å². The number of quaternary nitrogens is 1. The maximum absolute atomic E-state index is 12.7. The van der Waals surface area contributed by atoms with Gasteiger partial charge in [0.15, 0.2) is 18.8 Å². The van der Waals surface area contributed by atoms with Crippen molar-refractivity contribution in [1.82, 2.24) is 0 Å². The molecule has 0 bridgehead atoms. The Bertz CT molecular complexity index is 988.